The molecule has 3 N–H and O–H groups in total. The first-order valence-corrected chi connectivity index (χ1v) is 8.62. The molecule has 1 rings (SSSR count). The van der Waals surface area contributed by atoms with E-state index in [4.69, 9.17) is 5.11 Å². The van der Waals surface area contributed by atoms with Gasteiger partial charge in [0.25, 0.3) is 0 Å². The summed E-state index contributed by atoms with van der Waals surface area (Å²) in [6.45, 7) is 0. The lowest BCUT2D eigenvalue weighted by atomic mass is 9.79. The molecule has 1 fully saturated rings. The molecule has 1 amide bonds. The number of rotatable bonds is 8. The van der Waals surface area contributed by atoms with E-state index in [1.165, 1.54) is 6.42 Å². The van der Waals surface area contributed by atoms with Gasteiger partial charge >= 0.3 is 5.97 Å². The second-order valence-corrected chi connectivity index (χ2v) is 6.49. The lowest BCUT2D eigenvalue weighted by Gasteiger charge is -2.37. The number of carbonyl (C=O) groups is 2. The first-order chi connectivity index (χ1) is 9.53. The van der Waals surface area contributed by atoms with Gasteiger partial charge in [0.05, 0.1) is 0 Å². The maximum absolute atomic E-state index is 12.1. The molecule has 0 aromatic rings. The van der Waals surface area contributed by atoms with E-state index in [0.717, 1.165) is 31.4 Å². The van der Waals surface area contributed by atoms with E-state index in [-0.39, 0.29) is 11.4 Å². The van der Waals surface area contributed by atoms with Gasteiger partial charge in [0.15, 0.2) is 0 Å². The van der Waals surface area contributed by atoms with Gasteiger partial charge in [-0.15, -0.1) is 0 Å². The minimum absolute atomic E-state index is 0.148. The summed E-state index contributed by atoms with van der Waals surface area (Å²) in [6, 6.07) is -0.771. The average molecular weight is 302 g/mol. The van der Waals surface area contributed by atoms with Crippen LogP contribution in [0, 0.1) is 0 Å². The molecule has 1 saturated carbocycles. The predicted octanol–water partition coefficient (Wildman–Crippen LogP) is 1.62. The van der Waals surface area contributed by atoms with Gasteiger partial charge in [-0.25, -0.2) is 4.79 Å². The minimum atomic E-state index is -0.949. The van der Waals surface area contributed by atoms with Gasteiger partial charge in [-0.3, -0.25) is 4.79 Å². The number of nitrogens with one attached hydrogen (secondary N) is 2. The van der Waals surface area contributed by atoms with E-state index in [1.54, 1.807) is 11.8 Å². The van der Waals surface area contributed by atoms with Crippen molar-refractivity contribution in [1.82, 2.24) is 10.6 Å². The highest BCUT2D eigenvalue weighted by atomic mass is 32.2. The molecule has 0 spiro atoms. The van der Waals surface area contributed by atoms with Gasteiger partial charge in [0, 0.05) is 12.0 Å². The number of hydrogen-bond donors (Lipinski definition) is 3. The number of hydrogen-bond acceptors (Lipinski definition) is 4. The zero-order chi connectivity index (χ0) is 15.0. The molecular formula is C14H26N2O3S. The van der Waals surface area contributed by atoms with Crippen LogP contribution in [0.4, 0.5) is 0 Å². The molecule has 0 aliphatic heterocycles. The Morgan fingerprint density at radius 3 is 2.45 bits per heavy atom. The van der Waals surface area contributed by atoms with Crippen LogP contribution in [0.3, 0.4) is 0 Å². The van der Waals surface area contributed by atoms with E-state index >= 15 is 0 Å². The van der Waals surface area contributed by atoms with Crippen molar-refractivity contribution in [3.63, 3.8) is 0 Å². The molecule has 0 heterocycles. The van der Waals surface area contributed by atoms with Crippen LogP contribution in [-0.4, -0.2) is 47.6 Å². The predicted molar refractivity (Wildman–Crippen MR) is 82.1 cm³/mol. The maximum Gasteiger partial charge on any atom is 0.326 e. The van der Waals surface area contributed by atoms with Crippen LogP contribution in [0.5, 0.6) is 0 Å². The Morgan fingerprint density at radius 2 is 1.95 bits per heavy atom. The molecule has 0 radical (unpaired) electrons. The third-order valence-electron chi connectivity index (χ3n) is 4.08. The van der Waals surface area contributed by atoms with Crippen molar-refractivity contribution in [2.75, 3.05) is 19.1 Å². The van der Waals surface area contributed by atoms with E-state index in [0.29, 0.717) is 12.8 Å². The molecule has 116 valence electrons. The van der Waals surface area contributed by atoms with Crippen molar-refractivity contribution >= 4 is 23.6 Å². The monoisotopic (exact) mass is 302 g/mol. The summed E-state index contributed by atoms with van der Waals surface area (Å²) in [7, 11) is 1.89. The van der Waals surface area contributed by atoms with E-state index in [2.05, 4.69) is 10.6 Å². The summed E-state index contributed by atoms with van der Waals surface area (Å²) in [6.07, 6.45) is 8.21. The third-order valence-corrected chi connectivity index (χ3v) is 4.73. The van der Waals surface area contributed by atoms with E-state index in [9.17, 15) is 9.59 Å². The highest BCUT2D eigenvalue weighted by molar-refractivity contribution is 7.98. The zero-order valence-electron chi connectivity index (χ0n) is 12.4. The van der Waals surface area contributed by atoms with Gasteiger partial charge in [-0.1, -0.05) is 19.3 Å². The summed E-state index contributed by atoms with van der Waals surface area (Å²) in [5, 5.41) is 15.1. The summed E-state index contributed by atoms with van der Waals surface area (Å²) in [4.78, 5) is 23.3. The topological polar surface area (TPSA) is 78.4 Å². The van der Waals surface area contributed by atoms with Crippen LogP contribution in [0.25, 0.3) is 0 Å². The molecule has 1 aliphatic carbocycles. The average Bonchev–Trinajstić information content (AvgIpc) is 2.44. The van der Waals surface area contributed by atoms with Crippen LogP contribution in [0.1, 0.15) is 44.9 Å². The molecule has 1 aliphatic rings. The summed E-state index contributed by atoms with van der Waals surface area (Å²) >= 11 is 1.59. The van der Waals surface area contributed by atoms with Gasteiger partial charge in [0.1, 0.15) is 6.04 Å². The molecule has 5 nitrogen and oxygen atoms in total. The molecule has 0 unspecified atom stereocenters. The quantitative estimate of drug-likeness (QED) is 0.635. The number of carboxylic acid groups (broad SMARTS) is 1. The van der Waals surface area contributed by atoms with Crippen LogP contribution < -0.4 is 10.6 Å². The second kappa shape index (κ2) is 8.52. The van der Waals surface area contributed by atoms with Crippen molar-refractivity contribution < 1.29 is 14.7 Å². The highest BCUT2D eigenvalue weighted by Gasteiger charge is 2.33. The number of aliphatic carboxylic acids is 1. The van der Waals surface area contributed by atoms with Crippen LogP contribution in [-0.2, 0) is 9.59 Å². The molecule has 0 aromatic heterocycles. The normalized spacial score (nSPS) is 19.3. The van der Waals surface area contributed by atoms with Crippen molar-refractivity contribution in [1.29, 1.82) is 0 Å². The fourth-order valence-corrected chi connectivity index (χ4v) is 3.26. The molecule has 0 saturated heterocycles. The zero-order valence-corrected chi connectivity index (χ0v) is 13.2. The highest BCUT2D eigenvalue weighted by Crippen LogP contribution is 2.30. The van der Waals surface area contributed by atoms with Crippen LogP contribution >= 0.6 is 11.8 Å². The SMILES string of the molecule is CNC1(CC(=O)N[C@@H](CCSC)C(=O)O)CCCCC1. The minimum Gasteiger partial charge on any atom is -0.480 e. The van der Waals surface area contributed by atoms with Crippen molar-refractivity contribution in [3.8, 4) is 0 Å². The Balaban J connectivity index is 2.53. The summed E-state index contributed by atoms with van der Waals surface area (Å²) in [5.74, 6) is -0.377. The summed E-state index contributed by atoms with van der Waals surface area (Å²) in [5.41, 5.74) is -0.148. The number of thioether (sulfide) groups is 1. The van der Waals surface area contributed by atoms with Crippen molar-refractivity contribution in [3.05, 3.63) is 0 Å². The van der Waals surface area contributed by atoms with Gasteiger partial charge in [-0.05, 0) is 38.3 Å². The Bertz CT molecular complexity index is 330. The summed E-state index contributed by atoms with van der Waals surface area (Å²) < 4.78 is 0. The van der Waals surface area contributed by atoms with Crippen LogP contribution in [0.15, 0.2) is 0 Å². The molecule has 1 atom stereocenters. The molecule has 6 heteroatoms. The van der Waals surface area contributed by atoms with Crippen molar-refractivity contribution in [2.24, 2.45) is 0 Å². The number of carbonyl (C=O) groups excluding carboxylic acids is 1. The lowest BCUT2D eigenvalue weighted by Crippen LogP contribution is -2.50. The Hall–Kier alpha value is -0.750. The van der Waals surface area contributed by atoms with Gasteiger partial charge in [-0.2, -0.15) is 11.8 Å². The Morgan fingerprint density at radius 1 is 1.30 bits per heavy atom. The fraction of sp³-hybridized carbons (Fsp3) is 0.857. The first kappa shape index (κ1) is 17.3. The lowest BCUT2D eigenvalue weighted by molar-refractivity contribution is -0.142. The molecule has 20 heavy (non-hydrogen) atoms. The first-order valence-electron chi connectivity index (χ1n) is 7.23. The second-order valence-electron chi connectivity index (χ2n) is 5.51. The molecule has 0 bridgehead atoms. The maximum atomic E-state index is 12.1. The smallest absolute Gasteiger partial charge is 0.326 e. The van der Waals surface area contributed by atoms with Gasteiger partial charge < -0.3 is 15.7 Å². The number of carboxylic acids is 1. The molecular weight excluding hydrogens is 276 g/mol. The Kier molecular flexibility index (Phi) is 7.37. The van der Waals surface area contributed by atoms with Gasteiger partial charge in [0.2, 0.25) is 5.91 Å². The number of amides is 1. The third kappa shape index (κ3) is 5.32. The van der Waals surface area contributed by atoms with Crippen LogP contribution in [0.2, 0.25) is 0 Å². The van der Waals surface area contributed by atoms with Crippen molar-refractivity contribution in [2.45, 2.75) is 56.5 Å². The van der Waals surface area contributed by atoms with E-state index in [1.807, 2.05) is 13.3 Å². The molecule has 0 aromatic carbocycles. The Labute approximate surface area is 125 Å². The standard InChI is InChI=1S/C14H26N2O3S/c1-15-14(7-4-3-5-8-14)10-12(17)16-11(13(18)19)6-9-20-2/h11,15H,3-10H2,1-2H3,(H,16,17)(H,18,19)/t11-/m0/s1. The fourth-order valence-electron chi connectivity index (χ4n) is 2.79. The largest absolute Gasteiger partial charge is 0.480 e. The van der Waals surface area contributed by atoms with E-state index < -0.39 is 12.0 Å².